The predicted octanol–water partition coefficient (Wildman–Crippen LogP) is 3.93. The quantitative estimate of drug-likeness (QED) is 0.300. The number of aryl methyl sites for hydroxylation is 1. The zero-order valence-corrected chi connectivity index (χ0v) is 21.2. The van der Waals surface area contributed by atoms with Crippen LogP contribution in [0.25, 0.3) is 0 Å². The Labute approximate surface area is 215 Å². The number of imide groups is 1. The van der Waals surface area contributed by atoms with Gasteiger partial charge in [0.25, 0.3) is 17.7 Å². The fourth-order valence-electron chi connectivity index (χ4n) is 4.12. The first-order valence-electron chi connectivity index (χ1n) is 12.0. The summed E-state index contributed by atoms with van der Waals surface area (Å²) in [6, 6.07) is 17.1. The Morgan fingerprint density at radius 2 is 1.70 bits per heavy atom. The average Bonchev–Trinajstić information content (AvgIpc) is 3.41. The summed E-state index contributed by atoms with van der Waals surface area (Å²) in [4.78, 5) is 42.1. The second-order valence-electron chi connectivity index (χ2n) is 9.01. The highest BCUT2D eigenvalue weighted by Gasteiger charge is 2.40. The van der Waals surface area contributed by atoms with Gasteiger partial charge in [-0.05, 0) is 43.2 Å². The van der Waals surface area contributed by atoms with Crippen molar-refractivity contribution in [3.05, 3.63) is 94.7 Å². The molecule has 37 heavy (non-hydrogen) atoms. The van der Waals surface area contributed by atoms with Gasteiger partial charge in [0.15, 0.2) is 5.75 Å². The highest BCUT2D eigenvalue weighted by Crippen LogP contribution is 2.33. The number of para-hydroxylation sites is 1. The fourth-order valence-corrected chi connectivity index (χ4v) is 4.12. The normalized spacial score (nSPS) is 14.2. The van der Waals surface area contributed by atoms with Crippen LogP contribution in [-0.2, 0) is 16.1 Å². The highest BCUT2D eigenvalue weighted by atomic mass is 16.3. The van der Waals surface area contributed by atoms with E-state index in [9.17, 15) is 19.5 Å². The number of nitrogens with one attached hydrogen (secondary N) is 2. The van der Waals surface area contributed by atoms with Gasteiger partial charge in [-0.1, -0.05) is 43.3 Å². The molecule has 3 amide bonds. The van der Waals surface area contributed by atoms with E-state index in [-0.39, 0.29) is 41.0 Å². The standard InChI is InChI=1S/C28H30N4O5/c1-5-20(22-15-14-17(2)37-22)29-23-24(28(36)32(27(23)35)16-18-10-7-6-8-11-18)30-21-13-9-12-19(25(21)33)26(34)31(3)4/h6-15,20,29-30,33H,5,16H2,1-4H3/t20-/m1/s1. The van der Waals surface area contributed by atoms with Crippen LogP contribution in [0.5, 0.6) is 5.75 Å². The summed E-state index contributed by atoms with van der Waals surface area (Å²) in [5, 5.41) is 17.0. The predicted molar refractivity (Wildman–Crippen MR) is 138 cm³/mol. The van der Waals surface area contributed by atoms with Crippen molar-refractivity contribution < 1.29 is 23.9 Å². The second-order valence-corrected chi connectivity index (χ2v) is 9.01. The molecule has 3 N–H and O–H groups in total. The maximum Gasteiger partial charge on any atom is 0.279 e. The Hall–Kier alpha value is -4.53. The van der Waals surface area contributed by atoms with Gasteiger partial charge in [-0.3, -0.25) is 19.3 Å². The van der Waals surface area contributed by atoms with Crippen LogP contribution >= 0.6 is 0 Å². The second kappa shape index (κ2) is 10.6. The zero-order valence-electron chi connectivity index (χ0n) is 21.2. The van der Waals surface area contributed by atoms with Gasteiger partial charge < -0.3 is 25.1 Å². The molecule has 0 unspecified atom stereocenters. The van der Waals surface area contributed by atoms with Gasteiger partial charge in [-0.2, -0.15) is 0 Å². The number of aromatic hydroxyl groups is 1. The zero-order chi connectivity index (χ0) is 26.7. The molecule has 1 aliphatic rings. The maximum absolute atomic E-state index is 13.5. The van der Waals surface area contributed by atoms with E-state index in [0.29, 0.717) is 12.2 Å². The Kier molecular flexibility index (Phi) is 7.33. The highest BCUT2D eigenvalue weighted by molar-refractivity contribution is 6.20. The Morgan fingerprint density at radius 3 is 2.32 bits per heavy atom. The molecule has 3 aromatic rings. The first kappa shape index (κ1) is 25.6. The van der Waals surface area contributed by atoms with E-state index in [1.54, 1.807) is 20.2 Å². The minimum absolute atomic E-state index is 0.0209. The molecule has 192 valence electrons. The first-order valence-corrected chi connectivity index (χ1v) is 12.0. The van der Waals surface area contributed by atoms with Crippen LogP contribution in [0.1, 0.15) is 46.8 Å². The molecule has 0 radical (unpaired) electrons. The smallest absolute Gasteiger partial charge is 0.279 e. The summed E-state index contributed by atoms with van der Waals surface area (Å²) in [5.74, 6) is -0.399. The summed E-state index contributed by atoms with van der Waals surface area (Å²) in [6.07, 6.45) is 0.585. The molecule has 0 saturated heterocycles. The molecule has 1 aromatic heterocycles. The number of carbonyl (C=O) groups excluding carboxylic acids is 3. The van der Waals surface area contributed by atoms with Crippen LogP contribution in [0.2, 0.25) is 0 Å². The fraction of sp³-hybridized carbons (Fsp3) is 0.250. The van der Waals surface area contributed by atoms with Crippen LogP contribution in [0.15, 0.2) is 76.5 Å². The van der Waals surface area contributed by atoms with E-state index in [2.05, 4.69) is 10.6 Å². The lowest BCUT2D eigenvalue weighted by Crippen LogP contribution is -2.34. The van der Waals surface area contributed by atoms with Crippen molar-refractivity contribution in [2.24, 2.45) is 0 Å². The molecule has 0 bridgehead atoms. The third-order valence-electron chi connectivity index (χ3n) is 6.12. The van der Waals surface area contributed by atoms with Crippen molar-refractivity contribution in [3.63, 3.8) is 0 Å². The largest absolute Gasteiger partial charge is 0.505 e. The van der Waals surface area contributed by atoms with Crippen molar-refractivity contribution in [1.82, 2.24) is 15.1 Å². The molecule has 0 spiro atoms. The number of hydrogen-bond acceptors (Lipinski definition) is 7. The van der Waals surface area contributed by atoms with Crippen LogP contribution in [-0.4, -0.2) is 46.7 Å². The topological polar surface area (TPSA) is 115 Å². The van der Waals surface area contributed by atoms with E-state index in [0.717, 1.165) is 16.2 Å². The SMILES string of the molecule is CC[C@@H](NC1=C(Nc2cccc(C(=O)N(C)C)c2O)C(=O)N(Cc2ccccc2)C1=O)c1ccc(C)o1. The molecule has 2 aromatic carbocycles. The van der Waals surface area contributed by atoms with Gasteiger partial charge in [-0.15, -0.1) is 0 Å². The number of furan rings is 1. The number of anilines is 1. The molecular weight excluding hydrogens is 472 g/mol. The van der Waals surface area contributed by atoms with Gasteiger partial charge in [0, 0.05) is 14.1 Å². The molecule has 1 atom stereocenters. The van der Waals surface area contributed by atoms with Crippen molar-refractivity contribution in [2.45, 2.75) is 32.9 Å². The summed E-state index contributed by atoms with van der Waals surface area (Å²) >= 11 is 0. The molecule has 1 aliphatic heterocycles. The minimum atomic E-state index is -0.550. The number of hydrogen-bond donors (Lipinski definition) is 3. The van der Waals surface area contributed by atoms with Crippen LogP contribution in [0.4, 0.5) is 5.69 Å². The number of phenolic OH excluding ortho intramolecular Hbond substituents is 1. The number of rotatable bonds is 9. The Balaban J connectivity index is 1.73. The monoisotopic (exact) mass is 502 g/mol. The van der Waals surface area contributed by atoms with Crippen LogP contribution < -0.4 is 10.6 Å². The molecule has 0 saturated carbocycles. The minimum Gasteiger partial charge on any atom is -0.505 e. The Morgan fingerprint density at radius 1 is 1.00 bits per heavy atom. The van der Waals surface area contributed by atoms with Crippen molar-refractivity contribution in [2.75, 3.05) is 19.4 Å². The molecule has 9 nitrogen and oxygen atoms in total. The molecule has 0 fully saturated rings. The maximum atomic E-state index is 13.5. The lowest BCUT2D eigenvalue weighted by Gasteiger charge is -2.18. The average molecular weight is 503 g/mol. The number of benzene rings is 2. The summed E-state index contributed by atoms with van der Waals surface area (Å²) < 4.78 is 5.77. The third kappa shape index (κ3) is 5.20. The van der Waals surface area contributed by atoms with Crippen LogP contribution in [0, 0.1) is 6.92 Å². The van der Waals surface area contributed by atoms with E-state index in [1.807, 2.05) is 56.3 Å². The van der Waals surface area contributed by atoms with E-state index < -0.39 is 17.7 Å². The van der Waals surface area contributed by atoms with Gasteiger partial charge >= 0.3 is 0 Å². The number of phenols is 1. The van der Waals surface area contributed by atoms with Crippen molar-refractivity contribution >= 4 is 23.4 Å². The van der Waals surface area contributed by atoms with Crippen molar-refractivity contribution in [1.29, 1.82) is 0 Å². The number of amides is 3. The lowest BCUT2D eigenvalue weighted by molar-refractivity contribution is -0.138. The summed E-state index contributed by atoms with van der Waals surface area (Å²) in [6.45, 7) is 3.85. The van der Waals surface area contributed by atoms with Crippen LogP contribution in [0.3, 0.4) is 0 Å². The lowest BCUT2D eigenvalue weighted by atomic mass is 10.1. The Bertz CT molecular complexity index is 1360. The van der Waals surface area contributed by atoms with E-state index >= 15 is 0 Å². The molecule has 0 aliphatic carbocycles. The molecular formula is C28H30N4O5. The summed E-state index contributed by atoms with van der Waals surface area (Å²) in [7, 11) is 3.16. The van der Waals surface area contributed by atoms with Crippen molar-refractivity contribution in [3.8, 4) is 5.75 Å². The van der Waals surface area contributed by atoms with Gasteiger partial charge in [0.1, 0.15) is 22.9 Å². The third-order valence-corrected chi connectivity index (χ3v) is 6.12. The van der Waals surface area contributed by atoms with Gasteiger partial charge in [0.2, 0.25) is 0 Å². The molecule has 4 rings (SSSR count). The first-order chi connectivity index (χ1) is 17.7. The molecule has 2 heterocycles. The van der Waals surface area contributed by atoms with Gasteiger partial charge in [0.05, 0.1) is 23.8 Å². The summed E-state index contributed by atoms with van der Waals surface area (Å²) in [5.41, 5.74) is 1.03. The number of carbonyl (C=O) groups is 3. The number of nitrogens with zero attached hydrogens (tertiary/aromatic N) is 2. The van der Waals surface area contributed by atoms with Gasteiger partial charge in [-0.25, -0.2) is 0 Å². The molecule has 9 heteroatoms. The van der Waals surface area contributed by atoms with E-state index in [4.69, 9.17) is 4.42 Å². The van der Waals surface area contributed by atoms with E-state index in [1.165, 1.54) is 17.0 Å².